The number of carbonyl (C=O) groups is 2. The van der Waals surface area contributed by atoms with Crippen molar-refractivity contribution in [1.82, 2.24) is 0 Å². The van der Waals surface area contributed by atoms with Gasteiger partial charge in [-0.2, -0.15) is 0 Å². The molecule has 0 bridgehead atoms. The Balaban J connectivity index is 0.000000235. The zero-order valence-electron chi connectivity index (χ0n) is 18.1. The first-order valence-electron chi connectivity index (χ1n) is 10.1. The zero-order chi connectivity index (χ0) is 23.5. The summed E-state index contributed by atoms with van der Waals surface area (Å²) in [6, 6.07) is 17.3. The lowest BCUT2D eigenvalue weighted by Crippen LogP contribution is -2.06. The van der Waals surface area contributed by atoms with Crippen molar-refractivity contribution in [1.29, 1.82) is 0 Å². The average Bonchev–Trinajstić information content (AvgIpc) is 2.80. The van der Waals surface area contributed by atoms with Crippen LogP contribution in [0.1, 0.15) is 46.0 Å². The van der Waals surface area contributed by atoms with Crippen LogP contribution in [0.2, 0.25) is 0 Å². The van der Waals surface area contributed by atoms with E-state index in [1.807, 2.05) is 0 Å². The number of carbonyl (C=O) groups excluding carboxylic acids is 2. The number of esters is 1. The van der Waals surface area contributed by atoms with Gasteiger partial charge in [0.2, 0.25) is 0 Å². The summed E-state index contributed by atoms with van der Waals surface area (Å²) in [5.74, 6) is -0.548. The molecule has 7 heteroatoms. The third-order valence-electron chi connectivity index (χ3n) is 4.48. The Bertz CT molecular complexity index is 1050. The molecule has 7 nitrogen and oxygen atoms in total. The van der Waals surface area contributed by atoms with E-state index in [1.165, 1.54) is 31.4 Å². The molecular weight excluding hydrogens is 410 g/mol. The Morgan fingerprint density at radius 1 is 0.906 bits per heavy atom. The standard InChI is InChI=1S/C14H12O4.C11H15NO2/c1-18-9-6-7-11(13(16)8-9)14(17)10-4-2-3-5-12(10)15;1-2-3-8-14-11(13)9-4-6-10(12)7-5-9/h2-8,15-16H,1H3;4-7H,2-3,8,12H2,1H3. The number of para-hydroxylation sites is 1. The number of hydrogen-bond acceptors (Lipinski definition) is 7. The third kappa shape index (κ3) is 6.77. The van der Waals surface area contributed by atoms with E-state index in [0.29, 0.717) is 23.6 Å². The van der Waals surface area contributed by atoms with Crippen LogP contribution in [0, 0.1) is 0 Å². The minimum atomic E-state index is -0.437. The number of unbranched alkanes of at least 4 members (excludes halogenated alkanes) is 1. The molecule has 0 aliphatic rings. The van der Waals surface area contributed by atoms with Gasteiger partial charge in [0.05, 0.1) is 30.4 Å². The van der Waals surface area contributed by atoms with Gasteiger partial charge in [0.25, 0.3) is 0 Å². The van der Waals surface area contributed by atoms with Gasteiger partial charge < -0.3 is 25.4 Å². The number of phenolic OH excluding ortho intramolecular Hbond substituents is 2. The highest BCUT2D eigenvalue weighted by Gasteiger charge is 2.16. The largest absolute Gasteiger partial charge is 0.507 e. The number of anilines is 1. The highest BCUT2D eigenvalue weighted by molar-refractivity contribution is 6.12. The van der Waals surface area contributed by atoms with Crippen molar-refractivity contribution in [2.45, 2.75) is 19.8 Å². The monoisotopic (exact) mass is 437 g/mol. The number of phenols is 2. The summed E-state index contributed by atoms with van der Waals surface area (Å²) in [5.41, 5.74) is 6.97. The first-order chi connectivity index (χ1) is 15.4. The number of nitrogens with two attached hydrogens (primary N) is 1. The third-order valence-corrected chi connectivity index (χ3v) is 4.48. The van der Waals surface area contributed by atoms with Crippen LogP contribution in [0.15, 0.2) is 66.7 Å². The van der Waals surface area contributed by atoms with E-state index in [4.69, 9.17) is 15.2 Å². The summed E-state index contributed by atoms with van der Waals surface area (Å²) in [7, 11) is 1.47. The number of ketones is 1. The minimum Gasteiger partial charge on any atom is -0.507 e. The number of methoxy groups -OCH3 is 1. The molecule has 0 atom stereocenters. The minimum absolute atomic E-state index is 0.113. The smallest absolute Gasteiger partial charge is 0.338 e. The van der Waals surface area contributed by atoms with Crippen molar-refractivity contribution in [3.63, 3.8) is 0 Å². The lowest BCUT2D eigenvalue weighted by molar-refractivity contribution is 0.0499. The van der Waals surface area contributed by atoms with Crippen molar-refractivity contribution in [3.8, 4) is 17.2 Å². The van der Waals surface area contributed by atoms with Gasteiger partial charge in [-0.1, -0.05) is 25.5 Å². The van der Waals surface area contributed by atoms with Gasteiger partial charge in [0, 0.05) is 11.8 Å². The molecular formula is C25H27NO6. The summed E-state index contributed by atoms with van der Waals surface area (Å²) >= 11 is 0. The number of rotatable bonds is 7. The van der Waals surface area contributed by atoms with Crippen LogP contribution in [0.5, 0.6) is 17.2 Å². The second-order valence-corrected chi connectivity index (χ2v) is 6.84. The molecule has 0 radical (unpaired) electrons. The first kappa shape index (κ1) is 24.3. The molecule has 3 aromatic carbocycles. The van der Waals surface area contributed by atoms with Crippen molar-refractivity contribution < 1.29 is 29.3 Å². The molecule has 0 amide bonds. The van der Waals surface area contributed by atoms with E-state index in [0.717, 1.165) is 12.8 Å². The van der Waals surface area contributed by atoms with Gasteiger partial charge in [0.15, 0.2) is 5.78 Å². The van der Waals surface area contributed by atoms with E-state index in [-0.39, 0.29) is 28.6 Å². The van der Waals surface area contributed by atoms with E-state index in [1.54, 1.807) is 42.5 Å². The number of nitrogen functional groups attached to an aromatic ring is 1. The van der Waals surface area contributed by atoms with Crippen LogP contribution in [0.4, 0.5) is 5.69 Å². The molecule has 3 aromatic rings. The Morgan fingerprint density at radius 2 is 1.56 bits per heavy atom. The Morgan fingerprint density at radius 3 is 2.16 bits per heavy atom. The Kier molecular flexibility index (Phi) is 9.10. The van der Waals surface area contributed by atoms with Crippen LogP contribution >= 0.6 is 0 Å². The normalized spacial score (nSPS) is 9.94. The van der Waals surface area contributed by atoms with Gasteiger partial charge >= 0.3 is 5.97 Å². The number of ether oxygens (including phenoxy) is 2. The van der Waals surface area contributed by atoms with Crippen molar-refractivity contribution in [2.75, 3.05) is 19.5 Å². The molecule has 4 N–H and O–H groups in total. The maximum absolute atomic E-state index is 12.1. The summed E-state index contributed by atoms with van der Waals surface area (Å²) in [6.07, 6.45) is 1.93. The van der Waals surface area contributed by atoms with E-state index in [2.05, 4.69) is 6.92 Å². The predicted molar refractivity (Wildman–Crippen MR) is 122 cm³/mol. The SMILES string of the molecule is CCCCOC(=O)c1ccc(N)cc1.COc1ccc(C(=O)c2ccccc2O)c(O)c1. The lowest BCUT2D eigenvalue weighted by atomic mass is 10.0. The first-order valence-corrected chi connectivity index (χ1v) is 10.1. The van der Waals surface area contributed by atoms with Gasteiger partial charge in [-0.25, -0.2) is 4.79 Å². The quantitative estimate of drug-likeness (QED) is 0.214. The number of benzene rings is 3. The fourth-order valence-electron chi connectivity index (χ4n) is 2.65. The van der Waals surface area contributed by atoms with Crippen LogP contribution in [-0.2, 0) is 4.74 Å². The van der Waals surface area contributed by atoms with Crippen LogP contribution in [0.3, 0.4) is 0 Å². The van der Waals surface area contributed by atoms with Crippen LogP contribution < -0.4 is 10.5 Å². The molecule has 0 heterocycles. The average molecular weight is 437 g/mol. The molecule has 3 rings (SSSR count). The maximum Gasteiger partial charge on any atom is 0.338 e. The van der Waals surface area contributed by atoms with Crippen molar-refractivity contribution in [2.24, 2.45) is 0 Å². The highest BCUT2D eigenvalue weighted by atomic mass is 16.5. The van der Waals surface area contributed by atoms with Gasteiger partial charge in [-0.15, -0.1) is 0 Å². The molecule has 0 spiro atoms. The zero-order valence-corrected chi connectivity index (χ0v) is 18.1. The summed E-state index contributed by atoms with van der Waals surface area (Å²) in [6.45, 7) is 2.54. The molecule has 0 aliphatic heterocycles. The number of aromatic hydroxyl groups is 2. The molecule has 0 aromatic heterocycles. The Hall–Kier alpha value is -4.00. The molecule has 0 unspecified atom stereocenters. The number of hydrogen-bond donors (Lipinski definition) is 3. The van der Waals surface area contributed by atoms with Crippen molar-refractivity contribution >= 4 is 17.4 Å². The van der Waals surface area contributed by atoms with Crippen molar-refractivity contribution in [3.05, 3.63) is 83.4 Å². The maximum atomic E-state index is 12.1. The molecule has 168 valence electrons. The van der Waals surface area contributed by atoms with Gasteiger partial charge in [0.1, 0.15) is 17.2 Å². The molecule has 0 aliphatic carbocycles. The van der Waals surface area contributed by atoms with E-state index >= 15 is 0 Å². The molecule has 0 saturated heterocycles. The van der Waals surface area contributed by atoms with Gasteiger partial charge in [-0.05, 0) is 55.0 Å². The van der Waals surface area contributed by atoms with Crippen LogP contribution in [0.25, 0.3) is 0 Å². The molecule has 0 fully saturated rings. The van der Waals surface area contributed by atoms with E-state index < -0.39 is 5.78 Å². The highest BCUT2D eigenvalue weighted by Crippen LogP contribution is 2.28. The molecule has 0 saturated carbocycles. The summed E-state index contributed by atoms with van der Waals surface area (Å²) < 4.78 is 9.97. The second kappa shape index (κ2) is 12.0. The van der Waals surface area contributed by atoms with Gasteiger partial charge in [-0.3, -0.25) is 4.79 Å². The predicted octanol–water partition coefficient (Wildman–Crippen LogP) is 4.56. The second-order valence-electron chi connectivity index (χ2n) is 6.84. The fourth-order valence-corrected chi connectivity index (χ4v) is 2.65. The molecule has 32 heavy (non-hydrogen) atoms. The van der Waals surface area contributed by atoms with Crippen LogP contribution in [-0.4, -0.2) is 35.7 Å². The summed E-state index contributed by atoms with van der Waals surface area (Å²) in [4.78, 5) is 23.5. The Labute approximate surface area is 187 Å². The topological polar surface area (TPSA) is 119 Å². The lowest BCUT2D eigenvalue weighted by Gasteiger charge is -2.07. The fraction of sp³-hybridized carbons (Fsp3) is 0.200. The summed E-state index contributed by atoms with van der Waals surface area (Å²) in [5, 5.41) is 19.4. The van der Waals surface area contributed by atoms with E-state index in [9.17, 15) is 19.8 Å².